The smallest absolute Gasteiger partial charge is 0.271 e. The van der Waals surface area contributed by atoms with E-state index < -0.39 is 0 Å². The zero-order valence-electron chi connectivity index (χ0n) is 16.5. The Morgan fingerprint density at radius 1 is 1.23 bits per heavy atom. The molecule has 9 heteroatoms. The van der Waals surface area contributed by atoms with Crippen LogP contribution in [0.15, 0.2) is 48.9 Å². The van der Waals surface area contributed by atoms with Gasteiger partial charge >= 0.3 is 0 Å². The number of nitriles is 2. The van der Waals surface area contributed by atoms with Crippen molar-refractivity contribution < 1.29 is 4.79 Å². The number of nitrogens with one attached hydrogen (secondary N) is 1. The van der Waals surface area contributed by atoms with Gasteiger partial charge in [0.15, 0.2) is 5.65 Å². The molecule has 0 bridgehead atoms. The van der Waals surface area contributed by atoms with Gasteiger partial charge in [0.05, 0.1) is 28.5 Å². The second kappa shape index (κ2) is 7.93. The molecule has 0 aliphatic rings. The largest absolute Gasteiger partial charge is 0.369 e. The van der Waals surface area contributed by atoms with Crippen LogP contribution < -0.4 is 11.1 Å². The highest BCUT2D eigenvalue weighted by Crippen LogP contribution is 2.36. The highest BCUT2D eigenvalue weighted by Gasteiger charge is 2.22. The number of nitrogen functional groups attached to an aromatic ring is 1. The number of benzene rings is 1. The molecular weight excluding hydrogens is 392 g/mol. The molecule has 0 spiro atoms. The van der Waals surface area contributed by atoms with Crippen molar-refractivity contribution in [1.82, 2.24) is 24.7 Å². The molecule has 31 heavy (non-hydrogen) atoms. The molecule has 0 fully saturated rings. The fourth-order valence-corrected chi connectivity index (χ4v) is 3.32. The Morgan fingerprint density at radius 2 is 2.06 bits per heavy atom. The van der Waals surface area contributed by atoms with Gasteiger partial charge in [-0.25, -0.2) is 9.97 Å². The predicted molar refractivity (Wildman–Crippen MR) is 114 cm³/mol. The van der Waals surface area contributed by atoms with E-state index in [1.54, 1.807) is 36.5 Å². The number of carbonyl (C=O) groups is 1. The molecule has 4 aromatic rings. The summed E-state index contributed by atoms with van der Waals surface area (Å²) in [6, 6.07) is 12.8. The van der Waals surface area contributed by atoms with Crippen LogP contribution in [0.4, 0.5) is 5.95 Å². The van der Waals surface area contributed by atoms with Crippen LogP contribution >= 0.6 is 0 Å². The van der Waals surface area contributed by atoms with E-state index in [2.05, 4.69) is 32.4 Å². The Balaban J connectivity index is 2.11. The first-order valence-corrected chi connectivity index (χ1v) is 9.39. The molecule has 0 saturated carbocycles. The first-order chi connectivity index (χ1) is 15.1. The lowest BCUT2D eigenvalue weighted by Gasteiger charge is -2.13. The van der Waals surface area contributed by atoms with Crippen LogP contribution in [-0.4, -0.2) is 31.8 Å². The molecule has 0 saturated heterocycles. The molecule has 150 valence electrons. The number of nitrogens with two attached hydrogens (primary N) is 1. The minimum atomic E-state index is -0.347. The minimum absolute atomic E-state index is 0.117. The lowest BCUT2D eigenvalue weighted by molar-refractivity contribution is 0.0951. The molecule has 0 unspecified atom stereocenters. The van der Waals surface area contributed by atoms with Gasteiger partial charge in [0.1, 0.15) is 11.8 Å². The number of nitrogens with zero attached hydrogens (tertiary/aromatic N) is 6. The molecule has 3 aromatic heterocycles. The summed E-state index contributed by atoms with van der Waals surface area (Å²) in [7, 11) is 0. The highest BCUT2D eigenvalue weighted by molar-refractivity contribution is 5.97. The van der Waals surface area contributed by atoms with Gasteiger partial charge in [-0.05, 0) is 25.1 Å². The number of hydrogen-bond acceptors (Lipinski definition) is 7. The molecule has 1 amide bonds. The van der Waals surface area contributed by atoms with E-state index >= 15 is 0 Å². The number of pyridine rings is 1. The van der Waals surface area contributed by atoms with Crippen molar-refractivity contribution in [2.75, 3.05) is 12.3 Å². The van der Waals surface area contributed by atoms with Gasteiger partial charge in [0, 0.05) is 36.3 Å². The summed E-state index contributed by atoms with van der Waals surface area (Å²) in [5.41, 5.74) is 9.64. The summed E-state index contributed by atoms with van der Waals surface area (Å²) < 4.78 is 1.51. The van der Waals surface area contributed by atoms with Crippen molar-refractivity contribution in [3.63, 3.8) is 0 Å². The van der Waals surface area contributed by atoms with Crippen molar-refractivity contribution in [1.29, 1.82) is 10.5 Å². The number of anilines is 1. The summed E-state index contributed by atoms with van der Waals surface area (Å²) in [5.74, 6) is -0.230. The monoisotopic (exact) mass is 408 g/mol. The number of hydrogen-bond donors (Lipinski definition) is 2. The third-order valence-electron chi connectivity index (χ3n) is 4.69. The van der Waals surface area contributed by atoms with Gasteiger partial charge in [-0.15, -0.1) is 0 Å². The number of amides is 1. The van der Waals surface area contributed by atoms with Crippen molar-refractivity contribution in [3.05, 3.63) is 65.7 Å². The normalized spacial score (nSPS) is 10.4. The van der Waals surface area contributed by atoms with Crippen LogP contribution in [0, 0.1) is 22.7 Å². The maximum Gasteiger partial charge on any atom is 0.271 e. The molecule has 1 aromatic carbocycles. The summed E-state index contributed by atoms with van der Waals surface area (Å²) >= 11 is 0. The Labute approximate surface area is 177 Å². The topological polar surface area (TPSA) is 146 Å². The molecule has 0 aliphatic carbocycles. The van der Waals surface area contributed by atoms with Crippen LogP contribution in [0.5, 0.6) is 0 Å². The first-order valence-electron chi connectivity index (χ1n) is 9.39. The van der Waals surface area contributed by atoms with Gasteiger partial charge in [-0.1, -0.05) is 12.1 Å². The minimum Gasteiger partial charge on any atom is -0.369 e. The lowest BCUT2D eigenvalue weighted by atomic mass is 9.97. The van der Waals surface area contributed by atoms with Crippen LogP contribution in [0.25, 0.3) is 28.0 Å². The highest BCUT2D eigenvalue weighted by atomic mass is 16.1. The molecule has 9 nitrogen and oxygen atoms in total. The fraction of sp³-hybridized carbons (Fsp3) is 0.0909. The average Bonchev–Trinajstić information content (AvgIpc) is 3.25. The zero-order chi connectivity index (χ0) is 22.0. The van der Waals surface area contributed by atoms with E-state index in [-0.39, 0.29) is 17.5 Å². The summed E-state index contributed by atoms with van der Waals surface area (Å²) in [5, 5.41) is 21.7. The number of aromatic nitrogens is 4. The fourth-order valence-electron chi connectivity index (χ4n) is 3.32. The molecule has 0 atom stereocenters. The van der Waals surface area contributed by atoms with Gasteiger partial charge < -0.3 is 11.1 Å². The molecule has 0 radical (unpaired) electrons. The van der Waals surface area contributed by atoms with Gasteiger partial charge in [0.2, 0.25) is 5.95 Å². The summed E-state index contributed by atoms with van der Waals surface area (Å²) in [6.45, 7) is 2.26. The lowest BCUT2D eigenvalue weighted by Crippen LogP contribution is -2.22. The molecule has 4 rings (SSSR count). The predicted octanol–water partition coefficient (Wildman–Crippen LogP) is 2.53. The Kier molecular flexibility index (Phi) is 5.00. The second-order valence-corrected chi connectivity index (χ2v) is 6.60. The van der Waals surface area contributed by atoms with E-state index in [0.717, 1.165) is 0 Å². The number of fused-ring (bicyclic) bond motifs is 1. The quantitative estimate of drug-likeness (QED) is 0.527. The van der Waals surface area contributed by atoms with Crippen LogP contribution in [0.1, 0.15) is 28.5 Å². The first kappa shape index (κ1) is 19.6. The molecule has 3 N–H and O–H groups in total. The standard InChI is InChI=1S/C22H16N8O/c1-2-27-21(31)17-12-30-20(28-17)18(16-6-7-26-11-15(16)10-24)19(29-22(30)25)14-5-3-4-13(8-14)9-23/h3-8,11-12H,2H2,1H3,(H2,25,29)(H,27,31). The maximum absolute atomic E-state index is 12.4. The van der Waals surface area contributed by atoms with Crippen LogP contribution in [0.3, 0.4) is 0 Å². The van der Waals surface area contributed by atoms with E-state index in [0.29, 0.717) is 45.7 Å². The van der Waals surface area contributed by atoms with E-state index in [1.807, 2.05) is 6.92 Å². The van der Waals surface area contributed by atoms with Gasteiger partial charge in [0.25, 0.3) is 5.91 Å². The maximum atomic E-state index is 12.4. The third kappa shape index (κ3) is 3.41. The van der Waals surface area contributed by atoms with Crippen LogP contribution in [0.2, 0.25) is 0 Å². The average molecular weight is 408 g/mol. The second-order valence-electron chi connectivity index (χ2n) is 6.60. The summed E-state index contributed by atoms with van der Waals surface area (Å²) in [4.78, 5) is 25.5. The van der Waals surface area contributed by atoms with Crippen LogP contribution in [-0.2, 0) is 0 Å². The Bertz CT molecular complexity index is 1410. The van der Waals surface area contributed by atoms with Gasteiger partial charge in [-0.2, -0.15) is 10.5 Å². The van der Waals surface area contributed by atoms with Gasteiger partial charge in [-0.3, -0.25) is 14.2 Å². The van der Waals surface area contributed by atoms with Crippen molar-refractivity contribution in [2.45, 2.75) is 6.92 Å². The number of rotatable bonds is 4. The van der Waals surface area contributed by atoms with Crippen molar-refractivity contribution >= 4 is 17.5 Å². The SMILES string of the molecule is CCNC(=O)c1cn2c(N)nc(-c3cccc(C#N)c3)c(-c3ccncc3C#N)c2n1. The van der Waals surface area contributed by atoms with Crippen molar-refractivity contribution in [3.8, 4) is 34.5 Å². The number of carbonyl (C=O) groups excluding carboxylic acids is 1. The molecular formula is C22H16N8O. The van der Waals surface area contributed by atoms with E-state index in [4.69, 9.17) is 5.73 Å². The van der Waals surface area contributed by atoms with E-state index in [1.165, 1.54) is 16.8 Å². The molecule has 3 heterocycles. The third-order valence-corrected chi connectivity index (χ3v) is 4.69. The zero-order valence-corrected chi connectivity index (χ0v) is 16.5. The van der Waals surface area contributed by atoms with E-state index in [9.17, 15) is 15.3 Å². The van der Waals surface area contributed by atoms with Crippen molar-refractivity contribution in [2.24, 2.45) is 0 Å². The summed E-state index contributed by atoms with van der Waals surface area (Å²) in [6.07, 6.45) is 4.52. The molecule has 0 aliphatic heterocycles. The Hall–Kier alpha value is -4.76. The Morgan fingerprint density at radius 3 is 2.81 bits per heavy atom. The number of imidazole rings is 1.